The van der Waals surface area contributed by atoms with E-state index in [-0.39, 0.29) is 5.78 Å². The van der Waals surface area contributed by atoms with Gasteiger partial charge in [0, 0.05) is 18.9 Å². The molecule has 0 N–H and O–H groups in total. The Kier molecular flexibility index (Phi) is 5.21. The SMILES string of the molecule is CC(=O)c1coc(CCCOc2c(C)cc(-c3noc(C)n3)cc2C)c1. The smallest absolute Gasteiger partial charge is 0.223 e. The van der Waals surface area contributed by atoms with Gasteiger partial charge in [-0.05, 0) is 56.5 Å². The van der Waals surface area contributed by atoms with Crippen LogP contribution in [0, 0.1) is 20.8 Å². The lowest BCUT2D eigenvalue weighted by atomic mass is 10.1. The van der Waals surface area contributed by atoms with Crippen molar-refractivity contribution in [3.63, 3.8) is 0 Å². The normalized spacial score (nSPS) is 10.9. The Morgan fingerprint density at radius 2 is 1.88 bits per heavy atom. The van der Waals surface area contributed by atoms with E-state index >= 15 is 0 Å². The highest BCUT2D eigenvalue weighted by atomic mass is 16.5. The van der Waals surface area contributed by atoms with E-state index in [0.717, 1.165) is 41.0 Å². The van der Waals surface area contributed by atoms with Crippen LogP contribution in [-0.2, 0) is 6.42 Å². The van der Waals surface area contributed by atoms with Crippen molar-refractivity contribution in [1.82, 2.24) is 10.1 Å². The van der Waals surface area contributed by atoms with E-state index in [4.69, 9.17) is 13.7 Å². The topological polar surface area (TPSA) is 78.4 Å². The minimum absolute atomic E-state index is 0.0133. The van der Waals surface area contributed by atoms with E-state index in [1.54, 1.807) is 13.0 Å². The van der Waals surface area contributed by atoms with Gasteiger partial charge in [0.2, 0.25) is 11.7 Å². The molecule has 2 heterocycles. The quantitative estimate of drug-likeness (QED) is 0.460. The number of rotatable bonds is 7. The zero-order valence-electron chi connectivity index (χ0n) is 15.5. The van der Waals surface area contributed by atoms with Crippen LogP contribution in [0.1, 0.15) is 46.5 Å². The molecule has 0 aliphatic rings. The van der Waals surface area contributed by atoms with Crippen molar-refractivity contribution in [3.05, 3.63) is 52.8 Å². The molecule has 0 atom stereocenters. The van der Waals surface area contributed by atoms with Crippen LogP contribution >= 0.6 is 0 Å². The predicted octanol–water partition coefficient (Wildman–Crippen LogP) is 4.47. The fourth-order valence-corrected chi connectivity index (χ4v) is 2.84. The Hall–Kier alpha value is -2.89. The first-order valence-electron chi connectivity index (χ1n) is 8.57. The fourth-order valence-electron chi connectivity index (χ4n) is 2.84. The highest BCUT2D eigenvalue weighted by Crippen LogP contribution is 2.29. The number of hydrogen-bond acceptors (Lipinski definition) is 6. The van der Waals surface area contributed by atoms with E-state index in [1.165, 1.54) is 13.2 Å². The maximum Gasteiger partial charge on any atom is 0.223 e. The standard InChI is InChI=1S/C20H22N2O4/c1-12-8-16(20-21-15(4)26-22-20)9-13(2)19(12)24-7-5-6-18-10-17(11-25-18)14(3)23/h8-11H,5-7H2,1-4H3. The van der Waals surface area contributed by atoms with Crippen LogP contribution < -0.4 is 4.74 Å². The molecule has 1 aromatic carbocycles. The molecular formula is C20H22N2O4. The Morgan fingerprint density at radius 1 is 1.15 bits per heavy atom. The lowest BCUT2D eigenvalue weighted by Crippen LogP contribution is -2.02. The number of carbonyl (C=O) groups excluding carboxylic acids is 1. The average Bonchev–Trinajstić information content (AvgIpc) is 3.22. The van der Waals surface area contributed by atoms with Gasteiger partial charge in [0.15, 0.2) is 5.78 Å². The van der Waals surface area contributed by atoms with E-state index in [0.29, 0.717) is 23.9 Å². The molecule has 0 amide bonds. The Balaban J connectivity index is 1.60. The van der Waals surface area contributed by atoms with Crippen LogP contribution in [0.4, 0.5) is 0 Å². The van der Waals surface area contributed by atoms with Gasteiger partial charge in [0.05, 0.1) is 12.2 Å². The predicted molar refractivity (Wildman–Crippen MR) is 96.5 cm³/mol. The molecule has 0 aliphatic heterocycles. The summed E-state index contributed by atoms with van der Waals surface area (Å²) in [5, 5.41) is 3.96. The molecule has 0 unspecified atom stereocenters. The highest BCUT2D eigenvalue weighted by Gasteiger charge is 2.12. The zero-order valence-corrected chi connectivity index (χ0v) is 15.5. The molecule has 0 fully saturated rings. The molecule has 0 saturated heterocycles. The molecule has 0 bridgehead atoms. The third kappa shape index (κ3) is 4.02. The number of hydrogen-bond donors (Lipinski definition) is 0. The average molecular weight is 354 g/mol. The number of nitrogens with zero attached hydrogens (tertiary/aromatic N) is 2. The van der Waals surface area contributed by atoms with Crippen molar-refractivity contribution >= 4 is 5.78 Å². The molecule has 26 heavy (non-hydrogen) atoms. The third-order valence-corrected chi connectivity index (χ3v) is 4.12. The first-order chi connectivity index (χ1) is 12.4. The Labute approximate surface area is 152 Å². The fraction of sp³-hybridized carbons (Fsp3) is 0.350. The van der Waals surface area contributed by atoms with E-state index < -0.39 is 0 Å². The maximum atomic E-state index is 11.3. The summed E-state index contributed by atoms with van der Waals surface area (Å²) in [6.45, 7) is 7.88. The first kappa shape index (κ1) is 17.9. The molecule has 0 radical (unpaired) electrons. The number of carbonyl (C=O) groups is 1. The van der Waals surface area contributed by atoms with Crippen LogP contribution in [-0.4, -0.2) is 22.5 Å². The van der Waals surface area contributed by atoms with Crippen LogP contribution in [0.5, 0.6) is 5.75 Å². The van der Waals surface area contributed by atoms with Gasteiger partial charge in [-0.1, -0.05) is 5.16 Å². The third-order valence-electron chi connectivity index (χ3n) is 4.12. The van der Waals surface area contributed by atoms with Crippen molar-refractivity contribution in [2.45, 2.75) is 40.5 Å². The number of aromatic nitrogens is 2. The second-order valence-electron chi connectivity index (χ2n) is 6.39. The number of ether oxygens (including phenoxy) is 1. The van der Waals surface area contributed by atoms with Crippen LogP contribution in [0.25, 0.3) is 11.4 Å². The zero-order chi connectivity index (χ0) is 18.7. The van der Waals surface area contributed by atoms with Crippen LogP contribution in [0.15, 0.2) is 33.4 Å². The van der Waals surface area contributed by atoms with Crippen molar-refractivity contribution in [2.75, 3.05) is 6.61 Å². The summed E-state index contributed by atoms with van der Waals surface area (Å²) >= 11 is 0. The van der Waals surface area contributed by atoms with Gasteiger partial charge >= 0.3 is 0 Å². The van der Waals surface area contributed by atoms with Crippen molar-refractivity contribution in [3.8, 4) is 17.1 Å². The number of Topliss-reactive ketones (excluding diaryl/α,β-unsaturated/α-hetero) is 1. The lowest BCUT2D eigenvalue weighted by Gasteiger charge is -2.13. The molecule has 3 rings (SSSR count). The minimum Gasteiger partial charge on any atom is -0.493 e. The first-order valence-corrected chi connectivity index (χ1v) is 8.57. The van der Waals surface area contributed by atoms with Crippen molar-refractivity contribution < 1.29 is 18.5 Å². The second kappa shape index (κ2) is 7.56. The largest absolute Gasteiger partial charge is 0.493 e. The van der Waals surface area contributed by atoms with E-state index in [1.807, 2.05) is 26.0 Å². The van der Waals surface area contributed by atoms with Gasteiger partial charge in [-0.25, -0.2) is 0 Å². The summed E-state index contributed by atoms with van der Waals surface area (Å²) in [7, 11) is 0. The summed E-state index contributed by atoms with van der Waals surface area (Å²) in [5.41, 5.74) is 3.58. The molecule has 0 spiro atoms. The van der Waals surface area contributed by atoms with E-state index in [2.05, 4.69) is 10.1 Å². The van der Waals surface area contributed by atoms with Crippen LogP contribution in [0.3, 0.4) is 0 Å². The van der Waals surface area contributed by atoms with Gasteiger partial charge in [0.1, 0.15) is 17.8 Å². The Bertz CT molecular complexity index is 901. The molecular weight excluding hydrogens is 332 g/mol. The van der Waals surface area contributed by atoms with E-state index in [9.17, 15) is 4.79 Å². The Morgan fingerprint density at radius 3 is 2.46 bits per heavy atom. The van der Waals surface area contributed by atoms with Crippen LogP contribution in [0.2, 0.25) is 0 Å². The summed E-state index contributed by atoms with van der Waals surface area (Å²) in [6.07, 6.45) is 3.03. The minimum atomic E-state index is 0.0133. The van der Waals surface area contributed by atoms with Gasteiger partial charge in [0.25, 0.3) is 0 Å². The molecule has 0 aliphatic carbocycles. The molecule has 2 aromatic heterocycles. The molecule has 3 aromatic rings. The number of furan rings is 1. The summed E-state index contributed by atoms with van der Waals surface area (Å²) in [6, 6.07) is 5.79. The van der Waals surface area contributed by atoms with Gasteiger partial charge in [-0.15, -0.1) is 0 Å². The molecule has 0 saturated carbocycles. The van der Waals surface area contributed by atoms with Gasteiger partial charge in [-0.2, -0.15) is 4.98 Å². The summed E-state index contributed by atoms with van der Waals surface area (Å²) in [5.74, 6) is 2.81. The van der Waals surface area contributed by atoms with Gasteiger partial charge < -0.3 is 13.7 Å². The molecule has 6 nitrogen and oxygen atoms in total. The number of benzene rings is 1. The van der Waals surface area contributed by atoms with Crippen molar-refractivity contribution in [1.29, 1.82) is 0 Å². The highest BCUT2D eigenvalue weighted by molar-refractivity contribution is 5.93. The monoisotopic (exact) mass is 354 g/mol. The lowest BCUT2D eigenvalue weighted by molar-refractivity contribution is 0.101. The second-order valence-corrected chi connectivity index (χ2v) is 6.39. The molecule has 136 valence electrons. The van der Waals surface area contributed by atoms with Gasteiger partial charge in [-0.3, -0.25) is 4.79 Å². The summed E-state index contributed by atoms with van der Waals surface area (Å²) in [4.78, 5) is 15.5. The number of ketones is 1. The maximum absolute atomic E-state index is 11.3. The number of aryl methyl sites for hydroxylation is 4. The molecule has 6 heteroatoms. The van der Waals surface area contributed by atoms with Crippen molar-refractivity contribution in [2.24, 2.45) is 0 Å². The summed E-state index contributed by atoms with van der Waals surface area (Å²) < 4.78 is 16.4.